The zero-order valence-electron chi connectivity index (χ0n) is 12.7. The number of carbonyl (C=O) groups excluding carboxylic acids is 1. The first kappa shape index (κ1) is 15.2. The van der Waals surface area contributed by atoms with Gasteiger partial charge in [-0.3, -0.25) is 4.40 Å². The number of halogens is 2. The first-order chi connectivity index (χ1) is 11.1. The first-order valence-electron chi connectivity index (χ1n) is 7.76. The third-order valence-corrected chi connectivity index (χ3v) is 5.77. The maximum Gasteiger partial charge on any atom is 0.320 e. The second kappa shape index (κ2) is 5.63. The number of aromatic nitrogens is 3. The van der Waals surface area contributed by atoms with Crippen LogP contribution in [0, 0.1) is 0 Å². The van der Waals surface area contributed by atoms with E-state index in [0.29, 0.717) is 22.3 Å². The molecule has 2 aliphatic heterocycles. The van der Waals surface area contributed by atoms with E-state index < -0.39 is 0 Å². The number of amides is 2. The van der Waals surface area contributed by atoms with Gasteiger partial charge < -0.3 is 9.80 Å². The third kappa shape index (κ3) is 2.41. The highest BCUT2D eigenvalue weighted by molar-refractivity contribution is 9.10. The van der Waals surface area contributed by atoms with Crippen LogP contribution in [-0.2, 0) is 0 Å². The van der Waals surface area contributed by atoms with E-state index in [9.17, 15) is 4.79 Å². The number of rotatable bonds is 1. The summed E-state index contributed by atoms with van der Waals surface area (Å²) in [5.41, 5.74) is 0.786. The molecule has 0 aliphatic carbocycles. The Labute approximate surface area is 147 Å². The Hall–Kier alpha value is -1.34. The molecule has 2 fully saturated rings. The Bertz CT molecular complexity index is 779. The van der Waals surface area contributed by atoms with Crippen molar-refractivity contribution in [2.24, 2.45) is 0 Å². The third-order valence-electron chi connectivity index (χ3n) is 4.94. The molecule has 0 unspecified atom stereocenters. The lowest BCUT2D eigenvalue weighted by atomic mass is 9.89. The van der Waals surface area contributed by atoms with Crippen molar-refractivity contribution in [2.75, 3.05) is 20.1 Å². The maximum atomic E-state index is 12.4. The number of nitrogens with zero attached hydrogens (tertiary/aromatic N) is 5. The molecule has 4 heterocycles. The Morgan fingerprint density at radius 2 is 2.17 bits per heavy atom. The molecular formula is C15H17BrClN5O. The molecule has 0 saturated carbocycles. The summed E-state index contributed by atoms with van der Waals surface area (Å²) in [4.78, 5) is 25.0. The average Bonchev–Trinajstić information content (AvgIpc) is 2.89. The Morgan fingerprint density at radius 1 is 1.35 bits per heavy atom. The van der Waals surface area contributed by atoms with E-state index in [1.807, 2.05) is 22.5 Å². The molecule has 0 radical (unpaired) electrons. The summed E-state index contributed by atoms with van der Waals surface area (Å²) in [6.07, 6.45) is 6.67. The highest BCUT2D eigenvalue weighted by Gasteiger charge is 2.38. The lowest BCUT2D eigenvalue weighted by molar-refractivity contribution is 0.0805. The van der Waals surface area contributed by atoms with Crippen molar-refractivity contribution in [1.29, 1.82) is 0 Å². The van der Waals surface area contributed by atoms with Crippen LogP contribution in [0.4, 0.5) is 4.79 Å². The molecule has 2 amide bonds. The quantitative estimate of drug-likeness (QED) is 0.741. The summed E-state index contributed by atoms with van der Waals surface area (Å²) >= 11 is 9.67. The Kier molecular flexibility index (Phi) is 3.72. The molecule has 4 rings (SSSR count). The summed E-state index contributed by atoms with van der Waals surface area (Å²) in [5.74, 6) is 1.15. The van der Waals surface area contributed by atoms with E-state index in [0.717, 1.165) is 37.1 Å². The van der Waals surface area contributed by atoms with Gasteiger partial charge in [0.05, 0.1) is 0 Å². The molecule has 2 atom stereocenters. The van der Waals surface area contributed by atoms with Gasteiger partial charge in [0.15, 0.2) is 5.15 Å². The minimum Gasteiger partial charge on any atom is -0.328 e. The average molecular weight is 399 g/mol. The molecule has 0 aromatic carbocycles. The zero-order chi connectivity index (χ0) is 16.1. The van der Waals surface area contributed by atoms with Crippen LogP contribution in [0.25, 0.3) is 5.52 Å². The summed E-state index contributed by atoms with van der Waals surface area (Å²) < 4.78 is 2.69. The van der Waals surface area contributed by atoms with Crippen LogP contribution >= 0.6 is 27.5 Å². The number of piperidine rings is 1. The van der Waals surface area contributed by atoms with Gasteiger partial charge in [0, 0.05) is 44.5 Å². The van der Waals surface area contributed by atoms with E-state index in [-0.39, 0.29) is 11.9 Å². The zero-order valence-corrected chi connectivity index (χ0v) is 15.1. The van der Waals surface area contributed by atoms with Crippen molar-refractivity contribution < 1.29 is 4.79 Å². The SMILES string of the molecule is CN1CC[C@@H]2CC[C@H](c3nc(Br)c4c(Cl)nccn34)CN2C1=O. The van der Waals surface area contributed by atoms with Crippen LogP contribution in [0.3, 0.4) is 0 Å². The smallest absolute Gasteiger partial charge is 0.320 e. The minimum atomic E-state index is 0.130. The standard InChI is InChI=1S/C15H17BrClN5O/c1-20-6-4-10-3-2-9(8-22(10)15(20)23)14-19-12(16)11-13(17)18-5-7-21(11)14/h5,7,9-10H,2-4,6,8H2,1H3/t9-,10-/m0/s1. The molecule has 23 heavy (non-hydrogen) atoms. The van der Waals surface area contributed by atoms with Gasteiger partial charge in [0.2, 0.25) is 0 Å². The van der Waals surface area contributed by atoms with Gasteiger partial charge in [-0.15, -0.1) is 0 Å². The second-order valence-corrected chi connectivity index (χ2v) is 7.38. The highest BCUT2D eigenvalue weighted by Crippen LogP contribution is 2.35. The van der Waals surface area contributed by atoms with Gasteiger partial charge in [-0.2, -0.15) is 0 Å². The topological polar surface area (TPSA) is 53.7 Å². The molecule has 0 spiro atoms. The lowest BCUT2D eigenvalue weighted by Crippen LogP contribution is -2.56. The molecule has 0 bridgehead atoms. The summed E-state index contributed by atoms with van der Waals surface area (Å²) in [6, 6.07) is 0.500. The molecule has 2 aromatic heterocycles. The number of urea groups is 1. The molecule has 122 valence electrons. The Morgan fingerprint density at radius 3 is 3.00 bits per heavy atom. The van der Waals surface area contributed by atoms with Crippen molar-refractivity contribution in [1.82, 2.24) is 24.2 Å². The van der Waals surface area contributed by atoms with Crippen LogP contribution in [0.2, 0.25) is 5.15 Å². The fourth-order valence-corrected chi connectivity index (χ4v) is 4.61. The van der Waals surface area contributed by atoms with Crippen molar-refractivity contribution in [3.8, 4) is 0 Å². The van der Waals surface area contributed by atoms with Gasteiger partial charge >= 0.3 is 6.03 Å². The number of imidazole rings is 1. The van der Waals surface area contributed by atoms with Crippen molar-refractivity contribution in [3.63, 3.8) is 0 Å². The summed E-state index contributed by atoms with van der Waals surface area (Å²) in [5, 5.41) is 0.431. The van der Waals surface area contributed by atoms with Crippen LogP contribution < -0.4 is 0 Å². The van der Waals surface area contributed by atoms with Crippen LogP contribution in [0.15, 0.2) is 17.0 Å². The molecule has 6 nitrogen and oxygen atoms in total. The van der Waals surface area contributed by atoms with Crippen LogP contribution in [-0.4, -0.2) is 56.4 Å². The highest BCUT2D eigenvalue weighted by atomic mass is 79.9. The van der Waals surface area contributed by atoms with Crippen molar-refractivity contribution in [2.45, 2.75) is 31.2 Å². The van der Waals surface area contributed by atoms with Gasteiger partial charge in [-0.25, -0.2) is 14.8 Å². The molecule has 2 aromatic rings. The van der Waals surface area contributed by atoms with E-state index in [4.69, 9.17) is 11.6 Å². The molecule has 2 saturated heterocycles. The fraction of sp³-hybridized carbons (Fsp3) is 0.533. The predicted octanol–water partition coefficient (Wildman–Crippen LogP) is 3.15. The minimum absolute atomic E-state index is 0.130. The monoisotopic (exact) mass is 397 g/mol. The number of carbonyl (C=O) groups is 1. The normalized spacial score (nSPS) is 25.1. The second-order valence-electron chi connectivity index (χ2n) is 6.27. The van der Waals surface area contributed by atoms with Gasteiger partial charge in [0.25, 0.3) is 0 Å². The molecule has 0 N–H and O–H groups in total. The predicted molar refractivity (Wildman–Crippen MR) is 90.8 cm³/mol. The van der Waals surface area contributed by atoms with Gasteiger partial charge in [-0.1, -0.05) is 11.6 Å². The molecule has 8 heteroatoms. The molecular weight excluding hydrogens is 382 g/mol. The van der Waals surface area contributed by atoms with E-state index in [2.05, 4.69) is 25.9 Å². The maximum absolute atomic E-state index is 12.4. The first-order valence-corrected chi connectivity index (χ1v) is 8.93. The van der Waals surface area contributed by atoms with Crippen molar-refractivity contribution >= 4 is 39.1 Å². The Balaban J connectivity index is 1.69. The van der Waals surface area contributed by atoms with Crippen LogP contribution in [0.1, 0.15) is 31.0 Å². The van der Waals surface area contributed by atoms with Crippen LogP contribution in [0.5, 0.6) is 0 Å². The van der Waals surface area contributed by atoms with Gasteiger partial charge in [-0.05, 0) is 35.2 Å². The fourth-order valence-electron chi connectivity index (χ4n) is 3.70. The summed E-state index contributed by atoms with van der Waals surface area (Å²) in [7, 11) is 1.87. The van der Waals surface area contributed by atoms with E-state index in [1.54, 1.807) is 11.1 Å². The number of fused-ring (bicyclic) bond motifs is 2. The van der Waals surface area contributed by atoms with Gasteiger partial charge in [0.1, 0.15) is 15.9 Å². The lowest BCUT2D eigenvalue weighted by Gasteiger charge is -2.45. The molecule has 2 aliphatic rings. The largest absolute Gasteiger partial charge is 0.328 e. The van der Waals surface area contributed by atoms with E-state index in [1.165, 1.54) is 0 Å². The number of hydrogen-bond acceptors (Lipinski definition) is 3. The summed E-state index contributed by atoms with van der Waals surface area (Å²) in [6.45, 7) is 1.56. The van der Waals surface area contributed by atoms with Crippen molar-refractivity contribution in [3.05, 3.63) is 28.0 Å². The number of hydrogen-bond donors (Lipinski definition) is 0. The van der Waals surface area contributed by atoms with E-state index >= 15 is 0 Å².